The van der Waals surface area contributed by atoms with Crippen LogP contribution in [0.15, 0.2) is 24.3 Å². The number of carbonyl (C=O) groups excluding carboxylic acids is 1. The predicted octanol–water partition coefficient (Wildman–Crippen LogP) is 2.40. The smallest absolute Gasteiger partial charge is 0.157 e. The predicted molar refractivity (Wildman–Crippen MR) is 73.2 cm³/mol. The number of Topliss-reactive ketones (excluding diaryl/α,β-unsaturated/α-hetero) is 1. The number of hydrogen-bond acceptors (Lipinski definition) is 3. The molecule has 0 heterocycles. The minimum absolute atomic E-state index is 0.0278. The van der Waals surface area contributed by atoms with Gasteiger partial charge in [0.25, 0.3) is 0 Å². The lowest BCUT2D eigenvalue weighted by Gasteiger charge is -2.09. The van der Waals surface area contributed by atoms with E-state index in [-0.39, 0.29) is 29.7 Å². The largest absolute Gasteiger partial charge is 0.298 e. The Morgan fingerprint density at radius 3 is 2.37 bits per heavy atom. The number of ketones is 1. The summed E-state index contributed by atoms with van der Waals surface area (Å²) in [5.41, 5.74) is 0.630. The second-order valence-electron chi connectivity index (χ2n) is 4.91. The molecule has 1 rings (SSSR count). The van der Waals surface area contributed by atoms with Crippen molar-refractivity contribution < 1.29 is 17.6 Å². The third-order valence-corrected chi connectivity index (χ3v) is 4.77. The Bertz CT molecular complexity index is 520. The highest BCUT2D eigenvalue weighted by molar-refractivity contribution is 7.92. The van der Waals surface area contributed by atoms with Crippen molar-refractivity contribution in [3.63, 3.8) is 0 Å². The van der Waals surface area contributed by atoms with Crippen LogP contribution in [0.5, 0.6) is 0 Å². The summed E-state index contributed by atoms with van der Waals surface area (Å²) in [7, 11) is -3.34. The van der Waals surface area contributed by atoms with Gasteiger partial charge in [-0.3, -0.25) is 4.79 Å². The highest BCUT2D eigenvalue weighted by Crippen LogP contribution is 2.08. The zero-order valence-corrected chi connectivity index (χ0v) is 12.0. The lowest BCUT2D eigenvalue weighted by atomic mass is 10.1. The summed E-state index contributed by atoms with van der Waals surface area (Å²) in [6.07, 6.45) is 0.797. The van der Waals surface area contributed by atoms with Crippen molar-refractivity contribution in [1.82, 2.24) is 0 Å². The molecule has 0 N–H and O–H groups in total. The summed E-state index contributed by atoms with van der Waals surface area (Å²) >= 11 is 0. The van der Waals surface area contributed by atoms with Crippen LogP contribution in [0.1, 0.15) is 25.8 Å². The van der Waals surface area contributed by atoms with E-state index >= 15 is 0 Å². The van der Waals surface area contributed by atoms with E-state index in [0.717, 1.165) is 6.42 Å². The van der Waals surface area contributed by atoms with E-state index in [0.29, 0.717) is 5.56 Å². The Labute approximate surface area is 113 Å². The minimum Gasteiger partial charge on any atom is -0.298 e. The molecular formula is C14H19FO3S. The van der Waals surface area contributed by atoms with E-state index < -0.39 is 15.6 Å². The van der Waals surface area contributed by atoms with Gasteiger partial charge in [-0.25, -0.2) is 12.8 Å². The molecular weight excluding hydrogens is 267 g/mol. The molecule has 1 aromatic carbocycles. The molecule has 0 radical (unpaired) electrons. The van der Waals surface area contributed by atoms with Crippen molar-refractivity contribution in [2.75, 3.05) is 11.5 Å². The van der Waals surface area contributed by atoms with Crippen molar-refractivity contribution in [2.24, 2.45) is 5.92 Å². The topological polar surface area (TPSA) is 51.2 Å². The number of rotatable bonds is 7. The van der Waals surface area contributed by atoms with Gasteiger partial charge in [-0.15, -0.1) is 0 Å². The van der Waals surface area contributed by atoms with Crippen molar-refractivity contribution in [2.45, 2.75) is 26.7 Å². The SMILES string of the molecule is CCC(C)CS(=O)(=O)CC(=O)Cc1ccc(F)cc1. The molecule has 1 aromatic rings. The maximum absolute atomic E-state index is 12.7. The first kappa shape index (κ1) is 15.8. The first-order valence-corrected chi connectivity index (χ1v) is 8.11. The lowest BCUT2D eigenvalue weighted by molar-refractivity contribution is -0.116. The van der Waals surface area contributed by atoms with Gasteiger partial charge >= 0.3 is 0 Å². The summed E-state index contributed by atoms with van der Waals surface area (Å²) in [6.45, 7) is 3.77. The Hall–Kier alpha value is -1.23. The highest BCUT2D eigenvalue weighted by Gasteiger charge is 2.19. The van der Waals surface area contributed by atoms with Gasteiger partial charge in [-0.05, 0) is 23.6 Å². The highest BCUT2D eigenvalue weighted by atomic mass is 32.2. The van der Waals surface area contributed by atoms with Crippen LogP contribution in [-0.2, 0) is 21.1 Å². The standard InChI is InChI=1S/C14H19FO3S/c1-3-11(2)9-19(17,18)10-14(16)8-12-4-6-13(15)7-5-12/h4-7,11H,3,8-10H2,1-2H3. The number of hydrogen-bond donors (Lipinski definition) is 0. The van der Waals surface area contributed by atoms with Crippen LogP contribution in [0, 0.1) is 11.7 Å². The van der Waals surface area contributed by atoms with Crippen LogP contribution in [0.4, 0.5) is 4.39 Å². The molecule has 0 spiro atoms. The van der Waals surface area contributed by atoms with E-state index in [1.807, 2.05) is 13.8 Å². The van der Waals surface area contributed by atoms with Gasteiger partial charge < -0.3 is 0 Å². The third kappa shape index (κ3) is 5.96. The van der Waals surface area contributed by atoms with E-state index in [1.165, 1.54) is 24.3 Å². The van der Waals surface area contributed by atoms with Crippen molar-refractivity contribution in [3.8, 4) is 0 Å². The maximum Gasteiger partial charge on any atom is 0.157 e. The fourth-order valence-electron chi connectivity index (χ4n) is 1.74. The Morgan fingerprint density at radius 2 is 1.84 bits per heavy atom. The number of benzene rings is 1. The van der Waals surface area contributed by atoms with Gasteiger partial charge in [0.05, 0.1) is 5.75 Å². The molecule has 0 aliphatic carbocycles. The molecule has 0 aromatic heterocycles. The number of halogens is 1. The molecule has 3 nitrogen and oxygen atoms in total. The van der Waals surface area contributed by atoms with Crippen molar-refractivity contribution in [1.29, 1.82) is 0 Å². The van der Waals surface area contributed by atoms with Crippen LogP contribution in [0.25, 0.3) is 0 Å². The normalized spacial score (nSPS) is 13.2. The van der Waals surface area contributed by atoms with Gasteiger partial charge in [0, 0.05) is 6.42 Å². The monoisotopic (exact) mass is 286 g/mol. The molecule has 0 amide bonds. The first-order chi connectivity index (χ1) is 8.82. The molecule has 19 heavy (non-hydrogen) atoms. The zero-order chi connectivity index (χ0) is 14.5. The minimum atomic E-state index is -3.34. The zero-order valence-electron chi connectivity index (χ0n) is 11.2. The Balaban J connectivity index is 2.57. The van der Waals surface area contributed by atoms with Gasteiger partial charge in [0.15, 0.2) is 15.6 Å². The molecule has 0 saturated carbocycles. The number of carbonyl (C=O) groups is 1. The van der Waals surface area contributed by atoms with Crippen LogP contribution in [-0.4, -0.2) is 25.7 Å². The van der Waals surface area contributed by atoms with Crippen molar-refractivity contribution in [3.05, 3.63) is 35.6 Å². The summed E-state index contributed by atoms with van der Waals surface area (Å²) in [6, 6.07) is 5.51. The summed E-state index contributed by atoms with van der Waals surface area (Å²) in [4.78, 5) is 11.7. The van der Waals surface area contributed by atoms with E-state index in [1.54, 1.807) is 0 Å². The summed E-state index contributed by atoms with van der Waals surface area (Å²) in [5, 5.41) is 0. The molecule has 0 aliphatic heterocycles. The van der Waals surface area contributed by atoms with E-state index in [2.05, 4.69) is 0 Å². The second-order valence-corrected chi connectivity index (χ2v) is 7.02. The molecule has 5 heteroatoms. The van der Waals surface area contributed by atoms with Gasteiger partial charge in [0.2, 0.25) is 0 Å². The molecule has 1 unspecified atom stereocenters. The van der Waals surface area contributed by atoms with E-state index in [9.17, 15) is 17.6 Å². The average molecular weight is 286 g/mol. The van der Waals surface area contributed by atoms with Crippen LogP contribution < -0.4 is 0 Å². The Kier molecular flexibility index (Phi) is 5.66. The fraction of sp³-hybridized carbons (Fsp3) is 0.500. The van der Waals surface area contributed by atoms with Crippen LogP contribution in [0.3, 0.4) is 0 Å². The Morgan fingerprint density at radius 1 is 1.26 bits per heavy atom. The third-order valence-electron chi connectivity index (χ3n) is 2.93. The van der Waals surface area contributed by atoms with Gasteiger partial charge in [-0.1, -0.05) is 32.4 Å². The lowest BCUT2D eigenvalue weighted by Crippen LogP contribution is -2.23. The number of sulfone groups is 1. The molecule has 0 bridgehead atoms. The van der Waals surface area contributed by atoms with Gasteiger partial charge in [0.1, 0.15) is 11.6 Å². The second kappa shape index (κ2) is 6.80. The molecule has 106 valence electrons. The molecule has 0 aliphatic rings. The molecule has 0 fully saturated rings. The maximum atomic E-state index is 12.7. The molecule has 0 saturated heterocycles. The van der Waals surface area contributed by atoms with E-state index in [4.69, 9.17) is 0 Å². The van der Waals surface area contributed by atoms with Gasteiger partial charge in [-0.2, -0.15) is 0 Å². The van der Waals surface area contributed by atoms with Crippen molar-refractivity contribution >= 4 is 15.6 Å². The average Bonchev–Trinajstić information content (AvgIpc) is 2.30. The van der Waals surface area contributed by atoms with Crippen LogP contribution in [0.2, 0.25) is 0 Å². The summed E-state index contributed by atoms with van der Waals surface area (Å²) in [5.74, 6) is -1.06. The first-order valence-electron chi connectivity index (χ1n) is 6.29. The van der Waals surface area contributed by atoms with Crippen LogP contribution >= 0.6 is 0 Å². The molecule has 1 atom stereocenters. The quantitative estimate of drug-likeness (QED) is 0.773. The fourth-order valence-corrected chi connectivity index (χ4v) is 3.55. The summed E-state index contributed by atoms with van der Waals surface area (Å²) < 4.78 is 36.2.